The Labute approximate surface area is 73.9 Å². The maximum Gasteiger partial charge on any atom is 0.106 e. The van der Waals surface area contributed by atoms with Crippen molar-refractivity contribution >= 4 is 0 Å². The molecule has 0 aliphatic carbocycles. The lowest BCUT2D eigenvalue weighted by Crippen LogP contribution is -1.88. The molecule has 2 nitrogen and oxygen atoms in total. The zero-order chi connectivity index (χ0) is 8.65. The molecule has 12 heavy (non-hydrogen) atoms. The Morgan fingerprint density at radius 3 is 2.42 bits per heavy atom. The lowest BCUT2D eigenvalue weighted by Gasteiger charge is -1.94. The molecule has 1 fully saturated rings. The topological polar surface area (TPSA) is 18.5 Å². The first-order chi connectivity index (χ1) is 5.89. The number of hydrogen-bond donors (Lipinski definition) is 0. The lowest BCUT2D eigenvalue weighted by atomic mass is 10.2. The molecule has 0 bridgehead atoms. The Bertz CT molecular complexity index is 143. The summed E-state index contributed by atoms with van der Waals surface area (Å²) in [4.78, 5) is 0. The van der Waals surface area contributed by atoms with Crippen LogP contribution in [0, 0.1) is 5.92 Å². The highest BCUT2D eigenvalue weighted by Gasteiger charge is 2.07. The van der Waals surface area contributed by atoms with Crippen LogP contribution in [0.15, 0.2) is 24.5 Å². The van der Waals surface area contributed by atoms with Gasteiger partial charge in [-0.25, -0.2) is 0 Å². The van der Waals surface area contributed by atoms with E-state index in [1.54, 1.807) is 6.26 Å². The van der Waals surface area contributed by atoms with Crippen LogP contribution in [0.1, 0.15) is 13.3 Å². The average molecular weight is 168 g/mol. The van der Waals surface area contributed by atoms with Gasteiger partial charge in [-0.2, -0.15) is 0 Å². The second-order valence-corrected chi connectivity index (χ2v) is 3.06. The fourth-order valence-electron chi connectivity index (χ4n) is 0.999. The molecule has 2 aliphatic heterocycles. The van der Waals surface area contributed by atoms with Crippen molar-refractivity contribution in [2.75, 3.05) is 19.8 Å². The van der Waals surface area contributed by atoms with E-state index in [0.717, 1.165) is 25.7 Å². The molecule has 2 heterocycles. The number of allylic oxidation sites excluding steroid dienone is 2. The van der Waals surface area contributed by atoms with Gasteiger partial charge in [0, 0.05) is 13.2 Å². The molecule has 0 aromatic carbocycles. The summed E-state index contributed by atoms with van der Waals surface area (Å²) in [6, 6.07) is 0. The molecule has 2 aliphatic rings. The fourth-order valence-corrected chi connectivity index (χ4v) is 0.999. The Balaban J connectivity index is 0.000000120. The van der Waals surface area contributed by atoms with Crippen LogP contribution < -0.4 is 0 Å². The second-order valence-electron chi connectivity index (χ2n) is 3.06. The molecule has 1 atom stereocenters. The summed E-state index contributed by atoms with van der Waals surface area (Å²) < 4.78 is 9.86. The van der Waals surface area contributed by atoms with Crippen LogP contribution in [0.2, 0.25) is 0 Å². The SMILES string of the molecule is C1=CCOC=C1.CC1CCOC1. The first-order valence-corrected chi connectivity index (χ1v) is 4.40. The van der Waals surface area contributed by atoms with Crippen molar-refractivity contribution in [1.29, 1.82) is 0 Å². The highest BCUT2D eigenvalue weighted by molar-refractivity contribution is 5.02. The van der Waals surface area contributed by atoms with Crippen molar-refractivity contribution in [2.24, 2.45) is 5.92 Å². The van der Waals surface area contributed by atoms with E-state index >= 15 is 0 Å². The maximum absolute atomic E-state index is 5.06. The van der Waals surface area contributed by atoms with E-state index in [1.807, 2.05) is 18.2 Å². The summed E-state index contributed by atoms with van der Waals surface area (Å²) in [7, 11) is 0. The molecule has 0 radical (unpaired) electrons. The number of ether oxygens (including phenoxy) is 2. The third kappa shape index (κ3) is 4.19. The zero-order valence-corrected chi connectivity index (χ0v) is 7.53. The van der Waals surface area contributed by atoms with Gasteiger partial charge in [0.15, 0.2) is 0 Å². The Morgan fingerprint density at radius 1 is 1.33 bits per heavy atom. The van der Waals surface area contributed by atoms with Gasteiger partial charge in [0.05, 0.1) is 6.26 Å². The number of rotatable bonds is 0. The standard InChI is InChI=1S/C5H10O.C5H6O/c1-5-2-3-6-4-5;1-2-4-6-5-3-1/h5H,2-4H2,1H3;1-4H,5H2. The molecule has 0 spiro atoms. The average Bonchev–Trinajstić information content (AvgIpc) is 2.60. The Morgan fingerprint density at radius 2 is 2.25 bits per heavy atom. The third-order valence-electron chi connectivity index (χ3n) is 1.77. The van der Waals surface area contributed by atoms with Crippen LogP contribution >= 0.6 is 0 Å². The minimum Gasteiger partial charge on any atom is -0.497 e. The van der Waals surface area contributed by atoms with Crippen LogP contribution in [-0.2, 0) is 9.47 Å². The Hall–Kier alpha value is -0.760. The van der Waals surface area contributed by atoms with Gasteiger partial charge >= 0.3 is 0 Å². The van der Waals surface area contributed by atoms with Crippen molar-refractivity contribution in [3.63, 3.8) is 0 Å². The van der Waals surface area contributed by atoms with Gasteiger partial charge in [0.2, 0.25) is 0 Å². The van der Waals surface area contributed by atoms with E-state index in [9.17, 15) is 0 Å². The first kappa shape index (κ1) is 9.33. The smallest absolute Gasteiger partial charge is 0.106 e. The van der Waals surface area contributed by atoms with E-state index in [2.05, 4.69) is 6.92 Å². The summed E-state index contributed by atoms with van der Waals surface area (Å²) in [6.07, 6.45) is 8.73. The lowest BCUT2D eigenvalue weighted by molar-refractivity contribution is 0.188. The molecular weight excluding hydrogens is 152 g/mol. The van der Waals surface area contributed by atoms with E-state index in [1.165, 1.54) is 6.42 Å². The molecule has 0 aromatic rings. The molecule has 2 heteroatoms. The largest absolute Gasteiger partial charge is 0.497 e. The van der Waals surface area contributed by atoms with Crippen LogP contribution in [0.5, 0.6) is 0 Å². The minimum atomic E-state index is 0.733. The van der Waals surface area contributed by atoms with Crippen molar-refractivity contribution in [1.82, 2.24) is 0 Å². The third-order valence-corrected chi connectivity index (χ3v) is 1.77. The van der Waals surface area contributed by atoms with E-state index in [-0.39, 0.29) is 0 Å². The second kappa shape index (κ2) is 5.84. The monoisotopic (exact) mass is 168 g/mol. The fraction of sp³-hybridized carbons (Fsp3) is 0.600. The first-order valence-electron chi connectivity index (χ1n) is 4.40. The van der Waals surface area contributed by atoms with Gasteiger partial charge in [-0.3, -0.25) is 0 Å². The summed E-state index contributed by atoms with van der Waals surface area (Å²) in [6.45, 7) is 4.92. The van der Waals surface area contributed by atoms with Crippen LogP contribution in [0.3, 0.4) is 0 Å². The summed E-state index contributed by atoms with van der Waals surface area (Å²) in [5.74, 6) is 0.824. The maximum atomic E-state index is 5.06. The molecule has 2 rings (SSSR count). The van der Waals surface area contributed by atoms with Crippen LogP contribution in [0.25, 0.3) is 0 Å². The van der Waals surface area contributed by atoms with Gasteiger partial charge in [-0.15, -0.1) is 0 Å². The quantitative estimate of drug-likeness (QED) is 0.551. The van der Waals surface area contributed by atoms with E-state index in [0.29, 0.717) is 0 Å². The van der Waals surface area contributed by atoms with E-state index < -0.39 is 0 Å². The predicted octanol–water partition coefficient (Wildman–Crippen LogP) is 2.13. The predicted molar refractivity (Wildman–Crippen MR) is 48.8 cm³/mol. The molecule has 0 amide bonds. The van der Waals surface area contributed by atoms with Gasteiger partial charge in [0.25, 0.3) is 0 Å². The number of hydrogen-bond acceptors (Lipinski definition) is 2. The van der Waals surface area contributed by atoms with Crippen LogP contribution in [0.4, 0.5) is 0 Å². The highest BCUT2D eigenvalue weighted by Crippen LogP contribution is 2.09. The van der Waals surface area contributed by atoms with Gasteiger partial charge < -0.3 is 9.47 Å². The van der Waals surface area contributed by atoms with Gasteiger partial charge in [0.1, 0.15) is 6.61 Å². The summed E-state index contributed by atoms with van der Waals surface area (Å²) in [5.41, 5.74) is 0. The van der Waals surface area contributed by atoms with Crippen LogP contribution in [-0.4, -0.2) is 19.8 Å². The van der Waals surface area contributed by atoms with Crippen molar-refractivity contribution in [3.8, 4) is 0 Å². The summed E-state index contributed by atoms with van der Waals surface area (Å²) >= 11 is 0. The van der Waals surface area contributed by atoms with Crippen molar-refractivity contribution in [3.05, 3.63) is 24.5 Å². The highest BCUT2D eigenvalue weighted by atomic mass is 16.5. The zero-order valence-electron chi connectivity index (χ0n) is 7.53. The molecule has 68 valence electrons. The van der Waals surface area contributed by atoms with Gasteiger partial charge in [-0.1, -0.05) is 13.0 Å². The molecule has 0 N–H and O–H groups in total. The van der Waals surface area contributed by atoms with Crippen molar-refractivity contribution in [2.45, 2.75) is 13.3 Å². The summed E-state index contributed by atoms with van der Waals surface area (Å²) in [5, 5.41) is 0. The van der Waals surface area contributed by atoms with E-state index in [4.69, 9.17) is 9.47 Å². The molecule has 0 aromatic heterocycles. The van der Waals surface area contributed by atoms with Gasteiger partial charge in [-0.05, 0) is 24.5 Å². The molecular formula is C10H16O2. The molecule has 0 saturated carbocycles. The normalized spacial score (nSPS) is 25.9. The van der Waals surface area contributed by atoms with Crippen molar-refractivity contribution < 1.29 is 9.47 Å². The molecule has 1 saturated heterocycles. The molecule has 1 unspecified atom stereocenters. The minimum absolute atomic E-state index is 0.733. The Kier molecular flexibility index (Phi) is 4.54.